The van der Waals surface area contributed by atoms with Gasteiger partial charge in [0, 0.05) is 17.7 Å². The second kappa shape index (κ2) is 9.18. The van der Waals surface area contributed by atoms with E-state index in [1.54, 1.807) is 12.3 Å². The number of nitrogens with zero attached hydrogens (tertiary/aromatic N) is 3. The molecule has 2 aromatic carbocycles. The van der Waals surface area contributed by atoms with Crippen LogP contribution >= 0.6 is 0 Å². The van der Waals surface area contributed by atoms with E-state index in [1.807, 2.05) is 36.4 Å². The van der Waals surface area contributed by atoms with Gasteiger partial charge in [0.05, 0.1) is 11.4 Å². The minimum Gasteiger partial charge on any atom is -0.487 e. The van der Waals surface area contributed by atoms with Crippen LogP contribution in [0, 0.1) is 5.41 Å². The summed E-state index contributed by atoms with van der Waals surface area (Å²) in [5, 5.41) is 8.14. The minimum atomic E-state index is 0.0405. The van der Waals surface area contributed by atoms with Gasteiger partial charge in [-0.15, -0.1) is 10.2 Å². The number of aromatic nitrogens is 3. The van der Waals surface area contributed by atoms with Crippen LogP contribution in [0.2, 0.25) is 0 Å². The van der Waals surface area contributed by atoms with Gasteiger partial charge in [-0.2, -0.15) is 0 Å². The zero-order valence-electron chi connectivity index (χ0n) is 18.7. The Bertz CT molecular complexity index is 1130. The van der Waals surface area contributed by atoms with Crippen molar-refractivity contribution in [1.29, 1.82) is 0 Å². The lowest BCUT2D eigenvalue weighted by atomic mass is 9.72. The molecule has 0 spiro atoms. The van der Waals surface area contributed by atoms with Gasteiger partial charge in [-0.3, -0.25) is 4.98 Å². The average Bonchev–Trinajstić information content (AvgIpc) is 2.80. The number of ether oxygens (including phenoxy) is 1. The molecule has 0 aliphatic heterocycles. The number of hydrogen-bond donors (Lipinski definition) is 1. The molecular weight excluding hydrogens is 396 g/mol. The van der Waals surface area contributed by atoms with Crippen molar-refractivity contribution in [2.75, 3.05) is 5.73 Å². The highest BCUT2D eigenvalue weighted by Gasteiger charge is 2.28. The summed E-state index contributed by atoms with van der Waals surface area (Å²) in [4.78, 5) is 4.31. The van der Waals surface area contributed by atoms with Crippen LogP contribution in [0.3, 0.4) is 0 Å². The number of nitrogen functional groups attached to an aromatic ring is 1. The second-order valence-corrected chi connectivity index (χ2v) is 8.94. The number of nitrogens with two attached hydrogens (primary N) is 1. The molecule has 4 aromatic rings. The lowest BCUT2D eigenvalue weighted by Crippen LogP contribution is -2.19. The van der Waals surface area contributed by atoms with Crippen molar-refractivity contribution in [2.45, 2.75) is 33.3 Å². The third-order valence-electron chi connectivity index (χ3n) is 5.42. The summed E-state index contributed by atoms with van der Waals surface area (Å²) in [5.74, 6) is 1.49. The molecule has 5 heteroatoms. The maximum atomic E-state index is 5.91. The van der Waals surface area contributed by atoms with E-state index in [0.717, 1.165) is 22.7 Å². The number of benzene rings is 2. The van der Waals surface area contributed by atoms with E-state index < -0.39 is 0 Å². The number of hydrogen-bond acceptors (Lipinski definition) is 5. The van der Waals surface area contributed by atoms with Crippen LogP contribution in [-0.4, -0.2) is 15.2 Å². The van der Waals surface area contributed by atoms with Crippen molar-refractivity contribution in [3.05, 3.63) is 102 Å². The van der Waals surface area contributed by atoms with Crippen LogP contribution in [0.15, 0.2) is 85.1 Å². The standard InChI is InChI=1S/C27H28N4O/c1-27(2,3)26(20-9-7-19(8-10-20)24-15-16-25(28)31-30-24)21-11-13-23(14-12-21)32-18-22-6-4-5-17-29-22/h4-17,26H,18H2,1-3H3,(H2,28,31). The second-order valence-electron chi connectivity index (χ2n) is 8.94. The van der Waals surface area contributed by atoms with E-state index in [9.17, 15) is 0 Å². The monoisotopic (exact) mass is 424 g/mol. The van der Waals surface area contributed by atoms with Crippen LogP contribution in [0.1, 0.15) is 43.5 Å². The zero-order chi connectivity index (χ0) is 22.6. The predicted octanol–water partition coefficient (Wildman–Crippen LogP) is 5.88. The molecule has 0 saturated carbocycles. The summed E-state index contributed by atoms with van der Waals surface area (Å²) in [6.07, 6.45) is 1.78. The summed E-state index contributed by atoms with van der Waals surface area (Å²) >= 11 is 0. The summed E-state index contributed by atoms with van der Waals surface area (Å²) in [6, 6.07) is 26.4. The molecule has 1 unspecified atom stereocenters. The van der Waals surface area contributed by atoms with Gasteiger partial charge < -0.3 is 10.5 Å². The fourth-order valence-electron chi connectivity index (χ4n) is 3.93. The SMILES string of the molecule is CC(C)(C)C(c1ccc(OCc2ccccn2)cc1)c1ccc(-c2ccc(N)nn2)cc1. The first-order valence-corrected chi connectivity index (χ1v) is 10.7. The molecule has 32 heavy (non-hydrogen) atoms. The maximum absolute atomic E-state index is 5.91. The molecule has 2 N–H and O–H groups in total. The van der Waals surface area contributed by atoms with Gasteiger partial charge in [-0.05, 0) is 52.9 Å². The van der Waals surface area contributed by atoms with Gasteiger partial charge in [-0.1, -0.05) is 63.2 Å². The topological polar surface area (TPSA) is 73.9 Å². The van der Waals surface area contributed by atoms with Crippen LogP contribution < -0.4 is 10.5 Å². The molecule has 0 saturated heterocycles. The third-order valence-corrected chi connectivity index (χ3v) is 5.42. The highest BCUT2D eigenvalue weighted by atomic mass is 16.5. The molecule has 0 aliphatic rings. The zero-order valence-corrected chi connectivity index (χ0v) is 18.7. The summed E-state index contributed by atoms with van der Waals surface area (Å²) in [5.41, 5.74) is 10.9. The Morgan fingerprint density at radius 2 is 1.50 bits per heavy atom. The fourth-order valence-corrected chi connectivity index (χ4v) is 3.93. The molecule has 0 amide bonds. The molecule has 162 valence electrons. The average molecular weight is 425 g/mol. The molecule has 1 atom stereocenters. The first kappa shape index (κ1) is 21.5. The van der Waals surface area contributed by atoms with E-state index >= 15 is 0 Å². The van der Waals surface area contributed by atoms with Crippen molar-refractivity contribution in [3.8, 4) is 17.0 Å². The van der Waals surface area contributed by atoms with Gasteiger partial charge in [0.25, 0.3) is 0 Å². The van der Waals surface area contributed by atoms with E-state index in [-0.39, 0.29) is 11.3 Å². The molecule has 5 nitrogen and oxygen atoms in total. The van der Waals surface area contributed by atoms with Gasteiger partial charge in [0.15, 0.2) is 0 Å². The Morgan fingerprint density at radius 3 is 2.06 bits per heavy atom. The highest BCUT2D eigenvalue weighted by molar-refractivity contribution is 5.60. The molecule has 0 aliphatic carbocycles. The summed E-state index contributed by atoms with van der Waals surface area (Å²) in [6.45, 7) is 7.26. The molecular formula is C27H28N4O. The van der Waals surface area contributed by atoms with Crippen LogP contribution in [0.5, 0.6) is 5.75 Å². The van der Waals surface area contributed by atoms with Gasteiger partial charge in [-0.25, -0.2) is 0 Å². The van der Waals surface area contributed by atoms with Crippen LogP contribution in [0.4, 0.5) is 5.82 Å². The van der Waals surface area contributed by atoms with E-state index in [1.165, 1.54) is 11.1 Å². The lowest BCUT2D eigenvalue weighted by Gasteiger charge is -2.32. The van der Waals surface area contributed by atoms with Gasteiger partial charge in [0.2, 0.25) is 0 Å². The molecule has 0 bridgehead atoms. The number of rotatable bonds is 6. The Morgan fingerprint density at radius 1 is 0.812 bits per heavy atom. The quantitative estimate of drug-likeness (QED) is 0.418. The van der Waals surface area contributed by atoms with Crippen molar-refractivity contribution in [3.63, 3.8) is 0 Å². The molecule has 2 aromatic heterocycles. The smallest absolute Gasteiger partial charge is 0.146 e. The first-order valence-electron chi connectivity index (χ1n) is 10.7. The highest BCUT2D eigenvalue weighted by Crippen LogP contribution is 2.41. The molecule has 2 heterocycles. The van der Waals surface area contributed by atoms with Gasteiger partial charge >= 0.3 is 0 Å². The third kappa shape index (κ3) is 5.11. The maximum Gasteiger partial charge on any atom is 0.146 e. The van der Waals surface area contributed by atoms with Crippen molar-refractivity contribution in [2.24, 2.45) is 5.41 Å². The van der Waals surface area contributed by atoms with Gasteiger partial charge in [0.1, 0.15) is 18.2 Å². The van der Waals surface area contributed by atoms with E-state index in [0.29, 0.717) is 12.4 Å². The lowest BCUT2D eigenvalue weighted by molar-refractivity contribution is 0.301. The Balaban J connectivity index is 1.54. The van der Waals surface area contributed by atoms with E-state index in [2.05, 4.69) is 72.4 Å². The van der Waals surface area contributed by atoms with Crippen LogP contribution in [-0.2, 0) is 6.61 Å². The minimum absolute atomic E-state index is 0.0405. The predicted molar refractivity (Wildman–Crippen MR) is 128 cm³/mol. The molecule has 4 rings (SSSR count). The Kier molecular flexibility index (Phi) is 6.17. The molecule has 0 radical (unpaired) electrons. The summed E-state index contributed by atoms with van der Waals surface area (Å²) < 4.78 is 5.91. The largest absolute Gasteiger partial charge is 0.487 e. The first-order chi connectivity index (χ1) is 15.4. The Labute approximate surface area is 189 Å². The van der Waals surface area contributed by atoms with Crippen molar-refractivity contribution < 1.29 is 4.74 Å². The fraction of sp³-hybridized carbons (Fsp3) is 0.222. The van der Waals surface area contributed by atoms with Crippen molar-refractivity contribution in [1.82, 2.24) is 15.2 Å². The normalized spacial score (nSPS) is 12.3. The summed E-state index contributed by atoms with van der Waals surface area (Å²) in [7, 11) is 0. The number of anilines is 1. The van der Waals surface area contributed by atoms with E-state index in [4.69, 9.17) is 10.5 Å². The Hall–Kier alpha value is -3.73. The molecule has 0 fully saturated rings. The van der Waals surface area contributed by atoms with Crippen molar-refractivity contribution >= 4 is 5.82 Å². The van der Waals surface area contributed by atoms with Crippen LogP contribution in [0.25, 0.3) is 11.3 Å². The number of pyridine rings is 1.